The molecule has 6 nitrogen and oxygen atoms in total. The van der Waals surface area contributed by atoms with Gasteiger partial charge in [0.1, 0.15) is 0 Å². The molecular formula is C10H18N4O2. The highest BCUT2D eigenvalue weighted by atomic mass is 16.5. The monoisotopic (exact) mass is 226 g/mol. The highest BCUT2D eigenvalue weighted by molar-refractivity contribution is 5.76. The minimum Gasteiger partial charge on any atom is -0.356 e. The van der Waals surface area contributed by atoms with E-state index in [0.29, 0.717) is 37.9 Å². The van der Waals surface area contributed by atoms with Gasteiger partial charge in [0.05, 0.1) is 0 Å². The largest absolute Gasteiger partial charge is 0.356 e. The normalized spacial score (nSPS) is 10.7. The Bertz CT molecular complexity index is 298. The van der Waals surface area contributed by atoms with Gasteiger partial charge in [0.2, 0.25) is 11.8 Å². The summed E-state index contributed by atoms with van der Waals surface area (Å²) in [5, 5.41) is 9.45. The van der Waals surface area contributed by atoms with E-state index >= 15 is 0 Å². The molecule has 1 amide bonds. The Morgan fingerprint density at radius 3 is 2.94 bits per heavy atom. The molecule has 0 saturated heterocycles. The first-order valence-electron chi connectivity index (χ1n) is 5.44. The lowest BCUT2D eigenvalue weighted by molar-refractivity contribution is -0.120. The van der Waals surface area contributed by atoms with Crippen LogP contribution in [0.1, 0.15) is 26.2 Å². The molecule has 16 heavy (non-hydrogen) atoms. The van der Waals surface area contributed by atoms with Crippen LogP contribution < -0.4 is 10.6 Å². The lowest BCUT2D eigenvalue weighted by atomic mass is 10.3. The molecule has 0 aliphatic heterocycles. The minimum atomic E-state index is 0.0349. The van der Waals surface area contributed by atoms with Gasteiger partial charge >= 0.3 is 0 Å². The van der Waals surface area contributed by atoms with Crippen LogP contribution >= 0.6 is 0 Å². The predicted octanol–water partition coefficient (Wildman–Crippen LogP) is 0.116. The average Bonchev–Trinajstić information content (AvgIpc) is 2.70. The zero-order chi connectivity index (χ0) is 11.8. The Balaban J connectivity index is 2.02. The van der Waals surface area contributed by atoms with E-state index < -0.39 is 0 Å². The predicted molar refractivity (Wildman–Crippen MR) is 58.8 cm³/mol. The number of carbonyl (C=O) groups excluding carboxylic acids is 1. The topological polar surface area (TPSA) is 80.0 Å². The summed E-state index contributed by atoms with van der Waals surface area (Å²) in [6.07, 6.45) is 2.41. The number of amides is 1. The molecule has 1 rings (SSSR count). The number of aromatic nitrogens is 2. The van der Waals surface area contributed by atoms with Crippen molar-refractivity contribution in [3.8, 4) is 0 Å². The minimum absolute atomic E-state index is 0.0349. The van der Waals surface area contributed by atoms with Crippen molar-refractivity contribution in [3.63, 3.8) is 0 Å². The molecule has 0 fully saturated rings. The molecule has 1 aromatic rings. The van der Waals surface area contributed by atoms with Crippen LogP contribution in [0.25, 0.3) is 0 Å². The number of rotatable bonds is 7. The second-order valence-electron chi connectivity index (χ2n) is 3.79. The maximum absolute atomic E-state index is 11.3. The zero-order valence-electron chi connectivity index (χ0n) is 9.69. The Kier molecular flexibility index (Phi) is 5.49. The third kappa shape index (κ3) is 5.45. The van der Waals surface area contributed by atoms with E-state index in [-0.39, 0.29) is 5.91 Å². The van der Waals surface area contributed by atoms with E-state index in [1.54, 1.807) is 0 Å². The van der Waals surface area contributed by atoms with E-state index in [1.807, 2.05) is 13.8 Å². The van der Waals surface area contributed by atoms with Gasteiger partial charge in [0, 0.05) is 32.0 Å². The molecule has 0 saturated carbocycles. The van der Waals surface area contributed by atoms with Gasteiger partial charge in [0.15, 0.2) is 6.33 Å². The van der Waals surface area contributed by atoms with Crippen LogP contribution in [0.2, 0.25) is 0 Å². The highest BCUT2D eigenvalue weighted by Crippen LogP contribution is 1.90. The Morgan fingerprint density at radius 1 is 1.50 bits per heavy atom. The lowest BCUT2D eigenvalue weighted by Crippen LogP contribution is -2.31. The summed E-state index contributed by atoms with van der Waals surface area (Å²) >= 11 is 0. The third-order valence-corrected chi connectivity index (χ3v) is 1.97. The van der Waals surface area contributed by atoms with Crippen molar-refractivity contribution in [2.45, 2.75) is 32.7 Å². The number of hydrogen-bond acceptors (Lipinski definition) is 5. The number of carbonyl (C=O) groups is 1. The summed E-state index contributed by atoms with van der Waals surface area (Å²) in [6.45, 7) is 5.33. The van der Waals surface area contributed by atoms with Gasteiger partial charge in [-0.2, -0.15) is 4.98 Å². The van der Waals surface area contributed by atoms with Crippen molar-refractivity contribution in [3.05, 3.63) is 12.2 Å². The van der Waals surface area contributed by atoms with Gasteiger partial charge in [0.25, 0.3) is 0 Å². The van der Waals surface area contributed by atoms with Crippen molar-refractivity contribution >= 4 is 5.91 Å². The summed E-state index contributed by atoms with van der Waals surface area (Å²) in [4.78, 5) is 15.2. The maximum atomic E-state index is 11.3. The number of hydrogen-bond donors (Lipinski definition) is 2. The third-order valence-electron chi connectivity index (χ3n) is 1.97. The summed E-state index contributed by atoms with van der Waals surface area (Å²) in [7, 11) is 0. The molecule has 90 valence electrons. The summed E-state index contributed by atoms with van der Waals surface area (Å²) < 4.78 is 4.80. The van der Waals surface area contributed by atoms with E-state index in [0.717, 1.165) is 0 Å². The molecule has 1 heterocycles. The van der Waals surface area contributed by atoms with Crippen LogP contribution in [0.5, 0.6) is 0 Å². The van der Waals surface area contributed by atoms with Crippen LogP contribution in [0.4, 0.5) is 0 Å². The van der Waals surface area contributed by atoms with Gasteiger partial charge in [-0.25, -0.2) is 0 Å². The van der Waals surface area contributed by atoms with Gasteiger partial charge in [-0.15, -0.1) is 0 Å². The van der Waals surface area contributed by atoms with Crippen LogP contribution in [0.15, 0.2) is 10.9 Å². The smallest absolute Gasteiger partial charge is 0.228 e. The highest BCUT2D eigenvalue weighted by Gasteiger charge is 2.03. The fourth-order valence-electron chi connectivity index (χ4n) is 1.18. The molecule has 0 spiro atoms. The first-order valence-corrected chi connectivity index (χ1v) is 5.44. The fourth-order valence-corrected chi connectivity index (χ4v) is 1.18. The van der Waals surface area contributed by atoms with Gasteiger partial charge in [-0.1, -0.05) is 19.0 Å². The Labute approximate surface area is 94.8 Å². The lowest BCUT2D eigenvalue weighted by Gasteiger charge is -2.07. The Morgan fingerprint density at radius 2 is 2.31 bits per heavy atom. The van der Waals surface area contributed by atoms with Crippen molar-refractivity contribution in [1.29, 1.82) is 0 Å². The van der Waals surface area contributed by atoms with E-state index in [1.165, 1.54) is 6.33 Å². The second-order valence-corrected chi connectivity index (χ2v) is 3.79. The molecule has 0 unspecified atom stereocenters. The quantitative estimate of drug-likeness (QED) is 0.690. The zero-order valence-corrected chi connectivity index (χ0v) is 9.69. The van der Waals surface area contributed by atoms with Gasteiger partial charge in [-0.05, 0) is 0 Å². The van der Waals surface area contributed by atoms with Crippen molar-refractivity contribution in [2.75, 3.05) is 13.1 Å². The number of nitrogens with one attached hydrogen (secondary N) is 2. The molecule has 0 atom stereocenters. The molecule has 0 aliphatic rings. The molecule has 0 radical (unpaired) electrons. The molecule has 0 bridgehead atoms. The standard InChI is InChI=1S/C10H18N4O2/c1-8(2)11-5-3-9(15)12-6-4-10-13-7-14-16-10/h7-8,11H,3-6H2,1-2H3,(H,12,15). The van der Waals surface area contributed by atoms with E-state index in [9.17, 15) is 4.79 Å². The molecular weight excluding hydrogens is 208 g/mol. The second kappa shape index (κ2) is 6.95. The molecule has 6 heteroatoms. The van der Waals surface area contributed by atoms with Gasteiger partial charge in [-0.3, -0.25) is 4.79 Å². The van der Waals surface area contributed by atoms with Crippen LogP contribution in [-0.4, -0.2) is 35.2 Å². The summed E-state index contributed by atoms with van der Waals surface area (Å²) in [6, 6.07) is 0.409. The molecule has 0 aromatic carbocycles. The average molecular weight is 226 g/mol. The summed E-state index contributed by atoms with van der Waals surface area (Å²) in [5.74, 6) is 0.577. The van der Waals surface area contributed by atoms with Crippen molar-refractivity contribution in [2.24, 2.45) is 0 Å². The van der Waals surface area contributed by atoms with Gasteiger partial charge < -0.3 is 15.2 Å². The summed E-state index contributed by atoms with van der Waals surface area (Å²) in [5.41, 5.74) is 0. The van der Waals surface area contributed by atoms with E-state index in [2.05, 4.69) is 20.8 Å². The van der Waals surface area contributed by atoms with Crippen LogP contribution in [0, 0.1) is 0 Å². The van der Waals surface area contributed by atoms with E-state index in [4.69, 9.17) is 4.52 Å². The molecule has 1 aromatic heterocycles. The van der Waals surface area contributed by atoms with Crippen LogP contribution in [0.3, 0.4) is 0 Å². The van der Waals surface area contributed by atoms with Crippen molar-refractivity contribution in [1.82, 2.24) is 20.8 Å². The molecule has 2 N–H and O–H groups in total. The van der Waals surface area contributed by atoms with Crippen LogP contribution in [-0.2, 0) is 11.2 Å². The van der Waals surface area contributed by atoms with Crippen molar-refractivity contribution < 1.29 is 9.32 Å². The first kappa shape index (κ1) is 12.6. The maximum Gasteiger partial charge on any atom is 0.228 e. The number of nitrogens with zero attached hydrogens (tertiary/aromatic N) is 2. The first-order chi connectivity index (χ1) is 7.68. The SMILES string of the molecule is CC(C)NCCC(=O)NCCc1ncno1. The molecule has 0 aliphatic carbocycles. The fraction of sp³-hybridized carbons (Fsp3) is 0.700. The Hall–Kier alpha value is -1.43.